The maximum Gasteiger partial charge on any atom is 0.211 e. The van der Waals surface area contributed by atoms with Gasteiger partial charge in [0.1, 0.15) is 5.75 Å². The highest BCUT2D eigenvalue weighted by Crippen LogP contribution is 2.29. The number of hydrogen-bond acceptors (Lipinski definition) is 2. The van der Waals surface area contributed by atoms with Crippen LogP contribution in [0.3, 0.4) is 0 Å². The topological polar surface area (TPSA) is 38.3 Å². The molecule has 3 heteroatoms. The second-order valence-corrected chi connectivity index (χ2v) is 6.37. The van der Waals surface area contributed by atoms with Crippen LogP contribution in [-0.2, 0) is 24.1 Å². The fourth-order valence-corrected chi connectivity index (χ4v) is 3.33. The minimum absolute atomic E-state index is 0.703. The van der Waals surface area contributed by atoms with Gasteiger partial charge in [0.25, 0.3) is 0 Å². The Morgan fingerprint density at radius 2 is 1.83 bits per heavy atom. The second kappa shape index (κ2) is 8.53. The lowest BCUT2D eigenvalue weighted by molar-refractivity contribution is -0.105. The Bertz CT molecular complexity index is 664. The molecule has 0 spiro atoms. The van der Waals surface area contributed by atoms with E-state index in [2.05, 4.69) is 35.6 Å². The lowest BCUT2D eigenvalue weighted by Gasteiger charge is -2.19. The lowest BCUT2D eigenvalue weighted by Crippen LogP contribution is -2.07. The van der Waals surface area contributed by atoms with Gasteiger partial charge in [-0.15, -0.1) is 0 Å². The number of aryl methyl sites for hydroxylation is 2. The molecule has 0 unspecified atom stereocenters. The van der Waals surface area contributed by atoms with E-state index >= 15 is 0 Å². The summed E-state index contributed by atoms with van der Waals surface area (Å²) in [6.45, 7) is 0.779. The van der Waals surface area contributed by atoms with Gasteiger partial charge in [0.15, 0.2) is 0 Å². The molecule has 3 rings (SSSR count). The zero-order chi connectivity index (χ0) is 16.6. The Morgan fingerprint density at radius 1 is 1.00 bits per heavy atom. The van der Waals surface area contributed by atoms with Gasteiger partial charge in [-0.25, -0.2) is 0 Å². The molecule has 126 valence electrons. The number of unbranched alkanes of at least 4 members (excludes halogenated alkanes) is 1. The molecular formula is C21H25NO2. The first-order chi connectivity index (χ1) is 11.9. The molecule has 0 aromatic heterocycles. The predicted molar refractivity (Wildman–Crippen MR) is 97.6 cm³/mol. The van der Waals surface area contributed by atoms with E-state index in [1.807, 2.05) is 12.1 Å². The molecule has 1 aliphatic rings. The fourth-order valence-electron chi connectivity index (χ4n) is 3.33. The Morgan fingerprint density at radius 3 is 2.67 bits per heavy atom. The highest BCUT2D eigenvalue weighted by molar-refractivity contribution is 5.71. The molecule has 0 atom stereocenters. The molecule has 1 aliphatic carbocycles. The number of ether oxygens (including phenoxy) is 1. The minimum atomic E-state index is 0.703. The van der Waals surface area contributed by atoms with Crippen LogP contribution in [0.5, 0.6) is 5.75 Å². The van der Waals surface area contributed by atoms with Crippen LogP contribution < -0.4 is 10.1 Å². The minimum Gasteiger partial charge on any atom is -0.493 e. The number of carbonyl (C=O) groups is 1. The molecule has 1 amide bonds. The first-order valence-corrected chi connectivity index (χ1v) is 8.89. The van der Waals surface area contributed by atoms with Crippen LogP contribution in [-0.4, -0.2) is 13.0 Å². The van der Waals surface area contributed by atoms with Crippen molar-refractivity contribution in [3.8, 4) is 5.75 Å². The Hall–Kier alpha value is -2.29. The third-order valence-electron chi connectivity index (χ3n) is 4.65. The molecule has 0 fully saturated rings. The molecule has 3 nitrogen and oxygen atoms in total. The summed E-state index contributed by atoms with van der Waals surface area (Å²) in [5.41, 5.74) is 5.04. The highest BCUT2D eigenvalue weighted by atomic mass is 16.5. The molecule has 0 heterocycles. The normalized spacial score (nSPS) is 13.2. The van der Waals surface area contributed by atoms with Gasteiger partial charge in [-0.2, -0.15) is 0 Å². The maximum atomic E-state index is 10.4. The van der Waals surface area contributed by atoms with Crippen LogP contribution >= 0.6 is 0 Å². The predicted octanol–water partition coefficient (Wildman–Crippen LogP) is 4.54. The van der Waals surface area contributed by atoms with Crippen LogP contribution in [0, 0.1) is 0 Å². The molecule has 0 saturated carbocycles. The molecule has 0 bridgehead atoms. The SMILES string of the molecule is O=CNc1ccc(CCCCOc2cccc3c2CCCC3)cc1. The maximum absolute atomic E-state index is 10.4. The van der Waals surface area contributed by atoms with Crippen LogP contribution in [0.1, 0.15) is 42.4 Å². The molecule has 0 aliphatic heterocycles. The Labute approximate surface area is 144 Å². The summed E-state index contributed by atoms with van der Waals surface area (Å²) >= 11 is 0. The van der Waals surface area contributed by atoms with Crippen LogP contribution in [0.15, 0.2) is 42.5 Å². The molecule has 24 heavy (non-hydrogen) atoms. The average molecular weight is 323 g/mol. The van der Waals surface area contributed by atoms with Gasteiger partial charge in [-0.05, 0) is 79.8 Å². The van der Waals surface area contributed by atoms with Crippen molar-refractivity contribution in [2.24, 2.45) is 0 Å². The largest absolute Gasteiger partial charge is 0.493 e. The number of rotatable bonds is 8. The van der Waals surface area contributed by atoms with Gasteiger partial charge < -0.3 is 10.1 Å². The fraction of sp³-hybridized carbons (Fsp3) is 0.381. The second-order valence-electron chi connectivity index (χ2n) is 6.37. The first kappa shape index (κ1) is 16.6. The van der Waals surface area contributed by atoms with E-state index in [1.54, 1.807) is 0 Å². The van der Waals surface area contributed by atoms with Crippen molar-refractivity contribution in [2.75, 3.05) is 11.9 Å². The van der Waals surface area contributed by atoms with Gasteiger partial charge in [0.2, 0.25) is 6.41 Å². The summed E-state index contributed by atoms with van der Waals surface area (Å²) in [7, 11) is 0. The van der Waals surface area contributed by atoms with Crippen molar-refractivity contribution in [3.05, 3.63) is 59.2 Å². The van der Waals surface area contributed by atoms with E-state index in [9.17, 15) is 4.79 Å². The Balaban J connectivity index is 1.42. The number of amides is 1. The zero-order valence-electron chi connectivity index (χ0n) is 14.1. The van der Waals surface area contributed by atoms with Gasteiger partial charge >= 0.3 is 0 Å². The summed E-state index contributed by atoms with van der Waals surface area (Å²) < 4.78 is 6.04. The van der Waals surface area contributed by atoms with E-state index in [0.717, 1.165) is 43.7 Å². The van der Waals surface area contributed by atoms with Crippen molar-refractivity contribution >= 4 is 12.1 Å². The molecule has 2 aromatic rings. The quantitative estimate of drug-likeness (QED) is 0.572. The van der Waals surface area contributed by atoms with E-state index in [-0.39, 0.29) is 0 Å². The number of benzene rings is 2. The number of fused-ring (bicyclic) bond motifs is 1. The Kier molecular flexibility index (Phi) is 5.89. The van der Waals surface area contributed by atoms with Gasteiger partial charge in [-0.3, -0.25) is 4.79 Å². The van der Waals surface area contributed by atoms with Crippen molar-refractivity contribution in [1.82, 2.24) is 0 Å². The summed E-state index contributed by atoms with van der Waals surface area (Å²) in [5, 5.41) is 2.65. The molecule has 1 N–H and O–H groups in total. The number of hydrogen-bond donors (Lipinski definition) is 1. The number of anilines is 1. The molecule has 0 radical (unpaired) electrons. The van der Waals surface area contributed by atoms with E-state index in [1.165, 1.54) is 36.0 Å². The molecule has 0 saturated heterocycles. The summed E-state index contributed by atoms with van der Waals surface area (Å²) in [4.78, 5) is 10.4. The van der Waals surface area contributed by atoms with Gasteiger partial charge in [-0.1, -0.05) is 24.3 Å². The van der Waals surface area contributed by atoms with E-state index < -0.39 is 0 Å². The summed E-state index contributed by atoms with van der Waals surface area (Å²) in [5.74, 6) is 1.09. The van der Waals surface area contributed by atoms with E-state index in [0.29, 0.717) is 6.41 Å². The molecule has 2 aromatic carbocycles. The van der Waals surface area contributed by atoms with E-state index in [4.69, 9.17) is 4.74 Å². The summed E-state index contributed by atoms with van der Waals surface area (Å²) in [6, 6.07) is 14.5. The van der Waals surface area contributed by atoms with Crippen LogP contribution in [0.4, 0.5) is 5.69 Å². The average Bonchev–Trinajstić information content (AvgIpc) is 2.63. The zero-order valence-corrected chi connectivity index (χ0v) is 14.1. The third kappa shape index (κ3) is 4.38. The van der Waals surface area contributed by atoms with Crippen LogP contribution in [0.2, 0.25) is 0 Å². The summed E-state index contributed by atoms with van der Waals surface area (Å²) in [6.07, 6.45) is 8.84. The monoisotopic (exact) mass is 323 g/mol. The molecular weight excluding hydrogens is 298 g/mol. The first-order valence-electron chi connectivity index (χ1n) is 8.89. The van der Waals surface area contributed by atoms with Gasteiger partial charge in [0.05, 0.1) is 6.61 Å². The number of carbonyl (C=O) groups excluding carboxylic acids is 1. The lowest BCUT2D eigenvalue weighted by atomic mass is 9.91. The highest BCUT2D eigenvalue weighted by Gasteiger charge is 2.13. The number of nitrogens with one attached hydrogen (secondary N) is 1. The van der Waals surface area contributed by atoms with Crippen molar-refractivity contribution in [1.29, 1.82) is 0 Å². The van der Waals surface area contributed by atoms with Gasteiger partial charge in [0, 0.05) is 5.69 Å². The van der Waals surface area contributed by atoms with Crippen molar-refractivity contribution < 1.29 is 9.53 Å². The standard InChI is InChI=1S/C21H25NO2/c23-16-22-19-13-11-17(12-14-19)6-3-4-15-24-21-10-5-8-18-7-1-2-9-20(18)21/h5,8,10-14,16H,1-4,6-7,9,15H2,(H,22,23). The third-order valence-corrected chi connectivity index (χ3v) is 4.65. The van der Waals surface area contributed by atoms with Crippen LogP contribution in [0.25, 0.3) is 0 Å². The smallest absolute Gasteiger partial charge is 0.211 e. The van der Waals surface area contributed by atoms with Crippen molar-refractivity contribution in [2.45, 2.75) is 44.9 Å². The van der Waals surface area contributed by atoms with Crippen molar-refractivity contribution in [3.63, 3.8) is 0 Å².